The van der Waals surface area contributed by atoms with Crippen molar-refractivity contribution < 1.29 is 33.8 Å². The van der Waals surface area contributed by atoms with Crippen LogP contribution in [0.15, 0.2) is 5.16 Å². The summed E-state index contributed by atoms with van der Waals surface area (Å²) in [6, 6.07) is 0. The number of oxime groups is 1. The number of rotatable bonds is 28. The van der Waals surface area contributed by atoms with Gasteiger partial charge in [-0.1, -0.05) is 69.4 Å². The van der Waals surface area contributed by atoms with E-state index in [-0.39, 0.29) is 29.6 Å². The molecule has 10 heteroatoms. The van der Waals surface area contributed by atoms with Crippen molar-refractivity contribution in [1.29, 1.82) is 0 Å². The van der Waals surface area contributed by atoms with Gasteiger partial charge in [-0.15, -0.1) is 0 Å². The van der Waals surface area contributed by atoms with Gasteiger partial charge in [-0.05, 0) is 19.3 Å². The number of ether oxygens (including phenoxy) is 3. The van der Waals surface area contributed by atoms with Crippen molar-refractivity contribution in [3.05, 3.63) is 0 Å². The zero-order valence-electron chi connectivity index (χ0n) is 20.6. The summed E-state index contributed by atoms with van der Waals surface area (Å²) in [5.41, 5.74) is 0. The number of unbranched alkanes of at least 4 members (excludes halogenated alkanes) is 12. The summed E-state index contributed by atoms with van der Waals surface area (Å²) < 4.78 is 16.0. The van der Waals surface area contributed by atoms with E-state index >= 15 is 0 Å². The molecule has 0 spiro atoms. The van der Waals surface area contributed by atoms with Gasteiger partial charge in [0.25, 0.3) is 0 Å². The van der Waals surface area contributed by atoms with Crippen LogP contribution in [0.3, 0.4) is 0 Å². The van der Waals surface area contributed by atoms with Crippen molar-refractivity contribution in [3.8, 4) is 0 Å². The molecule has 0 atom stereocenters. The molecular formula is C24H49N2NaO7. The first-order valence-electron chi connectivity index (χ1n) is 12.7. The first kappa shape index (κ1) is 35.9. The van der Waals surface area contributed by atoms with Gasteiger partial charge in [0.2, 0.25) is 0 Å². The number of carboxylic acid groups (broad SMARTS) is 1. The second-order valence-electron chi connectivity index (χ2n) is 8.00. The van der Waals surface area contributed by atoms with E-state index in [1.165, 1.54) is 57.8 Å². The second-order valence-corrected chi connectivity index (χ2v) is 8.00. The maximum absolute atomic E-state index is 10.4. The molecule has 0 heterocycles. The van der Waals surface area contributed by atoms with Gasteiger partial charge in [0.15, 0.2) is 0 Å². The molecule has 0 radical (unpaired) electrons. The Hall–Kier alpha value is -0.260. The van der Waals surface area contributed by atoms with E-state index in [0.29, 0.717) is 59.3 Å². The van der Waals surface area contributed by atoms with E-state index in [1.807, 2.05) is 6.21 Å². The molecule has 0 saturated carbocycles. The molecular weight excluding hydrogens is 451 g/mol. The van der Waals surface area contributed by atoms with Gasteiger partial charge in [0.05, 0.1) is 46.2 Å². The molecule has 0 aromatic heterocycles. The van der Waals surface area contributed by atoms with Crippen LogP contribution in [0, 0.1) is 0 Å². The Morgan fingerprint density at radius 2 is 1.06 bits per heavy atom. The molecule has 9 nitrogen and oxygen atoms in total. The number of aliphatic carboxylic acids is 1. The van der Waals surface area contributed by atoms with Crippen molar-refractivity contribution in [2.75, 3.05) is 52.9 Å². The molecule has 0 saturated heterocycles. The summed E-state index contributed by atoms with van der Waals surface area (Å²) in [6.45, 7) is 3.87. The third kappa shape index (κ3) is 33.9. The zero-order valence-corrected chi connectivity index (χ0v) is 20.6. The molecule has 0 rings (SSSR count). The molecule has 34 heavy (non-hydrogen) atoms. The minimum absolute atomic E-state index is 0. The van der Waals surface area contributed by atoms with Gasteiger partial charge in [-0.25, -0.2) is 5.90 Å². The van der Waals surface area contributed by atoms with Gasteiger partial charge >= 0.3 is 35.5 Å². The summed E-state index contributed by atoms with van der Waals surface area (Å²) in [5.74, 6) is 4.20. The van der Waals surface area contributed by atoms with E-state index in [9.17, 15) is 4.79 Å². The summed E-state index contributed by atoms with van der Waals surface area (Å²) in [4.78, 5) is 20.0. The predicted molar refractivity (Wildman–Crippen MR) is 136 cm³/mol. The Kier molecular flexibility index (Phi) is 34.6. The number of carbonyl (C=O) groups is 1. The van der Waals surface area contributed by atoms with Crippen LogP contribution in [0.5, 0.6) is 0 Å². The summed E-state index contributed by atoms with van der Waals surface area (Å²) >= 11 is 0. The van der Waals surface area contributed by atoms with Crippen LogP contribution < -0.4 is 5.90 Å². The summed E-state index contributed by atoms with van der Waals surface area (Å²) in [6.07, 6.45) is 17.6. The van der Waals surface area contributed by atoms with E-state index in [0.717, 1.165) is 25.7 Å². The fraction of sp³-hybridized carbons (Fsp3) is 0.917. The molecule has 0 aromatic carbocycles. The first-order valence-corrected chi connectivity index (χ1v) is 12.7. The van der Waals surface area contributed by atoms with Crippen LogP contribution in [0.4, 0.5) is 0 Å². The quantitative estimate of drug-likeness (QED) is 0.0719. The van der Waals surface area contributed by atoms with E-state index < -0.39 is 5.97 Å². The van der Waals surface area contributed by atoms with E-state index in [2.05, 4.69) is 9.99 Å². The molecule has 0 aromatic rings. The molecule has 3 N–H and O–H groups in total. The Balaban J connectivity index is 0. The zero-order chi connectivity index (χ0) is 24.1. The van der Waals surface area contributed by atoms with Crippen LogP contribution in [0.2, 0.25) is 0 Å². The van der Waals surface area contributed by atoms with Crippen molar-refractivity contribution in [1.82, 2.24) is 0 Å². The fourth-order valence-corrected chi connectivity index (χ4v) is 3.18. The number of hydrogen-bond acceptors (Lipinski definition) is 8. The van der Waals surface area contributed by atoms with Crippen molar-refractivity contribution in [2.45, 2.75) is 89.9 Å². The first-order chi connectivity index (χ1) is 16.3. The standard InChI is InChI=1S/C24H48N2O7.Na.H/c25-32-22-20-30-18-16-29-17-19-31-21-23-33-26-15-13-11-9-7-5-3-1-2-4-6-8-10-12-14-24(27)28;;/h15H,1-14,16-23,25H2,(H,27,28);;/b26-15-;;. The topological polar surface area (TPSA) is 122 Å². The van der Waals surface area contributed by atoms with Crippen molar-refractivity contribution in [2.24, 2.45) is 11.1 Å². The molecule has 0 unspecified atom stereocenters. The Labute approximate surface area is 228 Å². The van der Waals surface area contributed by atoms with Crippen LogP contribution >= 0.6 is 0 Å². The molecule has 0 aliphatic rings. The minimum atomic E-state index is -0.677. The summed E-state index contributed by atoms with van der Waals surface area (Å²) in [7, 11) is 0. The van der Waals surface area contributed by atoms with Crippen molar-refractivity contribution in [3.63, 3.8) is 0 Å². The Morgan fingerprint density at radius 1 is 0.647 bits per heavy atom. The van der Waals surface area contributed by atoms with Gasteiger partial charge in [0.1, 0.15) is 6.61 Å². The number of nitrogens with zero attached hydrogens (tertiary/aromatic N) is 1. The molecule has 0 bridgehead atoms. The van der Waals surface area contributed by atoms with Crippen LogP contribution in [-0.4, -0.2) is 99.7 Å². The van der Waals surface area contributed by atoms with Gasteiger partial charge in [-0.2, -0.15) is 0 Å². The van der Waals surface area contributed by atoms with Gasteiger partial charge in [-0.3, -0.25) is 4.79 Å². The summed E-state index contributed by atoms with van der Waals surface area (Å²) in [5, 5.41) is 12.5. The number of carboxylic acids is 1. The van der Waals surface area contributed by atoms with Crippen LogP contribution in [-0.2, 0) is 28.7 Å². The molecule has 0 aliphatic carbocycles. The van der Waals surface area contributed by atoms with Crippen LogP contribution in [0.1, 0.15) is 89.9 Å². The number of hydrogen-bond donors (Lipinski definition) is 2. The molecule has 198 valence electrons. The van der Waals surface area contributed by atoms with Crippen molar-refractivity contribution >= 4 is 41.7 Å². The van der Waals surface area contributed by atoms with Gasteiger partial charge in [0, 0.05) is 12.6 Å². The molecule has 0 amide bonds. The molecule has 0 fully saturated rings. The fourth-order valence-electron chi connectivity index (χ4n) is 3.18. The predicted octanol–water partition coefficient (Wildman–Crippen LogP) is 3.83. The second kappa shape index (κ2) is 32.7. The monoisotopic (exact) mass is 500 g/mol. The third-order valence-electron chi connectivity index (χ3n) is 5.03. The third-order valence-corrected chi connectivity index (χ3v) is 5.03. The Morgan fingerprint density at radius 3 is 1.53 bits per heavy atom. The van der Waals surface area contributed by atoms with Gasteiger partial charge < -0.3 is 29.0 Å². The van der Waals surface area contributed by atoms with Crippen LogP contribution in [0.25, 0.3) is 0 Å². The average molecular weight is 501 g/mol. The average Bonchev–Trinajstić information content (AvgIpc) is 2.80. The van der Waals surface area contributed by atoms with E-state index in [1.54, 1.807) is 0 Å². The molecule has 0 aliphatic heterocycles. The SMILES string of the molecule is NOCCOCCOCCOCCO/N=C\CCCCCCCCCCCCCCC(=O)O.[NaH]. The Bertz CT molecular complexity index is 432. The maximum atomic E-state index is 10.4. The number of nitrogens with two attached hydrogens (primary N) is 1. The van der Waals surface area contributed by atoms with E-state index in [4.69, 9.17) is 30.1 Å². The normalized spacial score (nSPS) is 11.1.